The number of aromatic nitrogens is 1. The number of carboxylic acids is 1. The molecule has 0 aliphatic carbocycles. The zero-order valence-electron chi connectivity index (χ0n) is 10.1. The van der Waals surface area contributed by atoms with Crippen LogP contribution in [-0.4, -0.2) is 34.6 Å². The highest BCUT2D eigenvalue weighted by atomic mass is 16.6. The van der Waals surface area contributed by atoms with Crippen LogP contribution in [-0.2, 0) is 0 Å². The summed E-state index contributed by atoms with van der Waals surface area (Å²) in [4.78, 5) is 26.4. The SMILES string of the molecule is C=C(C)CN(C)c1cc(C(=O)O)c([N+](=O)[O-])cn1. The van der Waals surface area contributed by atoms with Gasteiger partial charge in [-0.1, -0.05) is 12.2 Å². The van der Waals surface area contributed by atoms with Crippen LogP contribution >= 0.6 is 0 Å². The van der Waals surface area contributed by atoms with Gasteiger partial charge in [-0.2, -0.15) is 0 Å². The van der Waals surface area contributed by atoms with Gasteiger partial charge in [-0.15, -0.1) is 0 Å². The van der Waals surface area contributed by atoms with E-state index in [0.29, 0.717) is 12.4 Å². The average molecular weight is 251 g/mol. The van der Waals surface area contributed by atoms with Gasteiger partial charge in [0.2, 0.25) is 0 Å². The standard InChI is InChI=1S/C11H13N3O4/c1-7(2)6-13(3)10-4-8(11(15)16)9(5-12-10)14(17)18/h4-5H,1,6H2,2-3H3,(H,15,16). The number of hydrogen-bond donors (Lipinski definition) is 1. The fraction of sp³-hybridized carbons (Fsp3) is 0.273. The van der Waals surface area contributed by atoms with Crippen molar-refractivity contribution in [1.82, 2.24) is 4.98 Å². The summed E-state index contributed by atoms with van der Waals surface area (Å²) in [6.45, 7) is 6.04. The van der Waals surface area contributed by atoms with E-state index in [1.807, 2.05) is 6.92 Å². The second-order valence-electron chi connectivity index (χ2n) is 3.94. The Bertz CT molecular complexity index is 513. The van der Waals surface area contributed by atoms with Gasteiger partial charge in [-0.05, 0) is 6.92 Å². The molecule has 7 nitrogen and oxygen atoms in total. The zero-order valence-corrected chi connectivity index (χ0v) is 10.1. The first-order valence-corrected chi connectivity index (χ1v) is 5.06. The number of carboxylic acid groups (broad SMARTS) is 1. The molecule has 0 saturated heterocycles. The fourth-order valence-corrected chi connectivity index (χ4v) is 1.45. The van der Waals surface area contributed by atoms with E-state index in [9.17, 15) is 14.9 Å². The smallest absolute Gasteiger partial charge is 0.342 e. The van der Waals surface area contributed by atoms with Crippen molar-refractivity contribution in [3.8, 4) is 0 Å². The number of nitrogens with zero attached hydrogens (tertiary/aromatic N) is 3. The Balaban J connectivity index is 3.18. The van der Waals surface area contributed by atoms with Crippen molar-refractivity contribution in [1.29, 1.82) is 0 Å². The predicted octanol–water partition coefficient (Wildman–Crippen LogP) is 1.70. The quantitative estimate of drug-likeness (QED) is 0.486. The first-order valence-electron chi connectivity index (χ1n) is 5.06. The number of pyridine rings is 1. The molecule has 7 heteroatoms. The maximum Gasteiger partial charge on any atom is 0.342 e. The lowest BCUT2D eigenvalue weighted by Gasteiger charge is -2.18. The van der Waals surface area contributed by atoms with Gasteiger partial charge in [0, 0.05) is 19.7 Å². The summed E-state index contributed by atoms with van der Waals surface area (Å²) < 4.78 is 0. The van der Waals surface area contributed by atoms with Crippen molar-refractivity contribution in [3.63, 3.8) is 0 Å². The molecule has 0 spiro atoms. The van der Waals surface area contributed by atoms with Crippen molar-refractivity contribution in [2.75, 3.05) is 18.5 Å². The molecule has 0 unspecified atom stereocenters. The van der Waals surface area contributed by atoms with Gasteiger partial charge in [0.25, 0.3) is 0 Å². The van der Waals surface area contributed by atoms with Crippen LogP contribution in [0.25, 0.3) is 0 Å². The molecule has 0 aliphatic heterocycles. The molecule has 1 aromatic heterocycles. The molecule has 0 saturated carbocycles. The minimum Gasteiger partial charge on any atom is -0.477 e. The minimum atomic E-state index is -1.35. The van der Waals surface area contributed by atoms with Crippen molar-refractivity contribution in [3.05, 3.63) is 40.1 Å². The first kappa shape index (κ1) is 13.6. The number of nitro groups is 1. The number of hydrogen-bond acceptors (Lipinski definition) is 5. The number of carbonyl (C=O) groups is 1. The molecule has 1 rings (SSSR count). The molecular weight excluding hydrogens is 238 g/mol. The molecule has 18 heavy (non-hydrogen) atoms. The number of aromatic carboxylic acids is 1. The molecule has 0 amide bonds. The Morgan fingerprint density at radius 2 is 2.28 bits per heavy atom. The third-order valence-electron chi connectivity index (χ3n) is 2.19. The van der Waals surface area contributed by atoms with Gasteiger partial charge < -0.3 is 10.0 Å². The Morgan fingerprint density at radius 1 is 1.67 bits per heavy atom. The number of likely N-dealkylation sites (N-methyl/N-ethyl adjacent to an activating group) is 1. The second-order valence-corrected chi connectivity index (χ2v) is 3.94. The first-order chi connectivity index (χ1) is 8.32. The van der Waals surface area contributed by atoms with E-state index in [4.69, 9.17) is 5.11 Å². The molecule has 0 aliphatic rings. The Morgan fingerprint density at radius 3 is 2.72 bits per heavy atom. The minimum absolute atomic E-state index is 0.348. The molecule has 1 aromatic rings. The Hall–Kier alpha value is -2.44. The van der Waals surface area contributed by atoms with E-state index in [1.54, 1.807) is 11.9 Å². The fourth-order valence-electron chi connectivity index (χ4n) is 1.45. The van der Waals surface area contributed by atoms with Crippen LogP contribution in [0.3, 0.4) is 0 Å². The molecule has 0 fully saturated rings. The van der Waals surface area contributed by atoms with E-state index in [-0.39, 0.29) is 5.56 Å². The monoisotopic (exact) mass is 251 g/mol. The Labute approximate surface area is 104 Å². The largest absolute Gasteiger partial charge is 0.477 e. The molecule has 1 heterocycles. The second kappa shape index (κ2) is 5.26. The average Bonchev–Trinajstić information content (AvgIpc) is 2.26. The lowest BCUT2D eigenvalue weighted by Crippen LogP contribution is -2.21. The summed E-state index contributed by atoms with van der Waals surface area (Å²) in [6, 6.07) is 1.18. The molecule has 96 valence electrons. The Kier molecular flexibility index (Phi) is 3.98. The molecule has 0 aromatic carbocycles. The highest BCUT2D eigenvalue weighted by molar-refractivity contribution is 5.93. The highest BCUT2D eigenvalue weighted by Crippen LogP contribution is 2.22. The summed E-state index contributed by atoms with van der Waals surface area (Å²) >= 11 is 0. The van der Waals surface area contributed by atoms with Gasteiger partial charge in [0.1, 0.15) is 17.6 Å². The molecule has 1 N–H and O–H groups in total. The third-order valence-corrected chi connectivity index (χ3v) is 2.19. The summed E-state index contributed by atoms with van der Waals surface area (Å²) in [5, 5.41) is 19.6. The lowest BCUT2D eigenvalue weighted by molar-refractivity contribution is -0.385. The van der Waals surface area contributed by atoms with Crippen LogP contribution in [0.5, 0.6) is 0 Å². The van der Waals surface area contributed by atoms with Crippen LogP contribution in [0, 0.1) is 10.1 Å². The zero-order chi connectivity index (χ0) is 13.9. The number of anilines is 1. The number of rotatable bonds is 5. The van der Waals surface area contributed by atoms with Gasteiger partial charge in [0.05, 0.1) is 4.92 Å². The molecule has 0 radical (unpaired) electrons. The van der Waals surface area contributed by atoms with E-state index in [1.165, 1.54) is 6.07 Å². The van der Waals surface area contributed by atoms with Gasteiger partial charge in [-0.25, -0.2) is 9.78 Å². The van der Waals surface area contributed by atoms with Crippen LogP contribution in [0.15, 0.2) is 24.4 Å². The van der Waals surface area contributed by atoms with E-state index < -0.39 is 16.6 Å². The topological polar surface area (TPSA) is 96.6 Å². The summed E-state index contributed by atoms with van der Waals surface area (Å²) in [5.41, 5.74) is -0.0249. The molecule has 0 atom stereocenters. The summed E-state index contributed by atoms with van der Waals surface area (Å²) in [7, 11) is 1.70. The van der Waals surface area contributed by atoms with Crippen LogP contribution in [0.4, 0.5) is 11.5 Å². The maximum atomic E-state index is 11.0. The lowest BCUT2D eigenvalue weighted by atomic mass is 10.2. The van der Waals surface area contributed by atoms with Gasteiger partial charge in [-0.3, -0.25) is 10.1 Å². The van der Waals surface area contributed by atoms with Crippen molar-refractivity contribution in [2.45, 2.75) is 6.92 Å². The van der Waals surface area contributed by atoms with Crippen molar-refractivity contribution >= 4 is 17.5 Å². The normalized spacial score (nSPS) is 9.89. The van der Waals surface area contributed by atoms with E-state index >= 15 is 0 Å². The summed E-state index contributed by atoms with van der Waals surface area (Å²) in [5.74, 6) is -1.00. The van der Waals surface area contributed by atoms with Crippen LogP contribution in [0.1, 0.15) is 17.3 Å². The van der Waals surface area contributed by atoms with Gasteiger partial charge in [0.15, 0.2) is 0 Å². The predicted molar refractivity (Wildman–Crippen MR) is 65.9 cm³/mol. The van der Waals surface area contributed by atoms with E-state index in [2.05, 4.69) is 11.6 Å². The van der Waals surface area contributed by atoms with Crippen LogP contribution in [0.2, 0.25) is 0 Å². The van der Waals surface area contributed by atoms with Crippen LogP contribution < -0.4 is 4.90 Å². The summed E-state index contributed by atoms with van der Waals surface area (Å²) in [6.07, 6.45) is 0.952. The van der Waals surface area contributed by atoms with Crippen molar-refractivity contribution < 1.29 is 14.8 Å². The highest BCUT2D eigenvalue weighted by Gasteiger charge is 2.21. The maximum absolute atomic E-state index is 11.0. The molecule has 0 bridgehead atoms. The van der Waals surface area contributed by atoms with E-state index in [0.717, 1.165) is 11.8 Å². The van der Waals surface area contributed by atoms with Gasteiger partial charge >= 0.3 is 11.7 Å². The molecular formula is C11H13N3O4. The third kappa shape index (κ3) is 3.03. The van der Waals surface area contributed by atoms with Crippen molar-refractivity contribution in [2.24, 2.45) is 0 Å².